The fraction of sp³-hybridized carbons (Fsp3) is 0.364. The summed E-state index contributed by atoms with van der Waals surface area (Å²) in [4.78, 5) is 24.9. The van der Waals surface area contributed by atoms with E-state index in [9.17, 15) is 18.0 Å². The zero-order valence-electron chi connectivity index (χ0n) is 17.7. The molecule has 1 aliphatic rings. The number of nitrogens with zero attached hydrogens (tertiary/aromatic N) is 1. The number of benzene rings is 2. The topological polar surface area (TPSA) is 108 Å². The Morgan fingerprint density at radius 3 is 2.42 bits per heavy atom. The number of hydrogen-bond donors (Lipinski definition) is 3. The lowest BCUT2D eigenvalue weighted by Gasteiger charge is -2.23. The van der Waals surface area contributed by atoms with Gasteiger partial charge in [-0.1, -0.05) is 50.2 Å². The van der Waals surface area contributed by atoms with Crippen LogP contribution < -0.4 is 20.3 Å². The smallest absolute Gasteiger partial charge is 0.319 e. The second kappa shape index (κ2) is 9.82. The Kier molecular flexibility index (Phi) is 7.17. The maximum atomic E-state index is 12.8. The van der Waals surface area contributed by atoms with E-state index < -0.39 is 28.0 Å². The average Bonchev–Trinajstić information content (AvgIpc) is 3.17. The molecule has 166 valence electrons. The lowest BCUT2D eigenvalue weighted by Crippen LogP contribution is -2.51. The monoisotopic (exact) mass is 444 g/mol. The number of anilines is 2. The van der Waals surface area contributed by atoms with Gasteiger partial charge in [0.05, 0.1) is 11.4 Å². The molecule has 2 aromatic carbocycles. The van der Waals surface area contributed by atoms with Crippen LogP contribution in [0.3, 0.4) is 0 Å². The molecule has 0 spiro atoms. The van der Waals surface area contributed by atoms with Gasteiger partial charge in [-0.3, -0.25) is 9.10 Å². The molecule has 0 saturated carbocycles. The third-order valence-corrected chi connectivity index (χ3v) is 6.88. The molecular weight excluding hydrogens is 416 g/mol. The van der Waals surface area contributed by atoms with Crippen molar-refractivity contribution in [1.29, 1.82) is 0 Å². The van der Waals surface area contributed by atoms with Crippen LogP contribution in [0.15, 0.2) is 54.6 Å². The summed E-state index contributed by atoms with van der Waals surface area (Å²) in [6, 6.07) is 15.0. The quantitative estimate of drug-likeness (QED) is 0.581. The number of hydrogen-bond acceptors (Lipinski definition) is 4. The van der Waals surface area contributed by atoms with Crippen LogP contribution in [0, 0.1) is 5.92 Å². The third kappa shape index (κ3) is 5.75. The second-order valence-corrected chi connectivity index (χ2v) is 9.76. The predicted octanol–water partition coefficient (Wildman–Crippen LogP) is 2.34. The maximum absolute atomic E-state index is 12.8. The van der Waals surface area contributed by atoms with Crippen LogP contribution in [0.4, 0.5) is 16.2 Å². The molecule has 2 aromatic rings. The first-order valence-electron chi connectivity index (χ1n) is 10.3. The minimum Gasteiger partial charge on any atom is -0.353 e. The standard InChI is InChI=1S/C22H28N4O4S/c1-16(2)20(25-22(28)24-18-9-4-3-5-10-18)21(27)23-13-15-31(29,30)26-14-12-17-8-6-7-11-19(17)26/h3-11,16,20H,12-15H2,1-2H3,(H,23,27)(H2,24,25,28). The molecular formula is C22H28N4O4S. The van der Waals surface area contributed by atoms with E-state index in [0.29, 0.717) is 24.3 Å². The first-order chi connectivity index (χ1) is 14.8. The summed E-state index contributed by atoms with van der Waals surface area (Å²) in [5, 5.41) is 7.98. The van der Waals surface area contributed by atoms with E-state index in [4.69, 9.17) is 0 Å². The van der Waals surface area contributed by atoms with Crippen LogP contribution in [-0.2, 0) is 21.2 Å². The highest BCUT2D eigenvalue weighted by atomic mass is 32.2. The first kappa shape index (κ1) is 22.6. The highest BCUT2D eigenvalue weighted by Crippen LogP contribution is 2.29. The second-order valence-electron chi connectivity index (χ2n) is 7.74. The molecule has 9 heteroatoms. The number of sulfonamides is 1. The summed E-state index contributed by atoms with van der Waals surface area (Å²) >= 11 is 0. The predicted molar refractivity (Wildman–Crippen MR) is 122 cm³/mol. The Labute approximate surface area is 183 Å². The minimum atomic E-state index is -3.56. The molecule has 3 N–H and O–H groups in total. The van der Waals surface area contributed by atoms with Gasteiger partial charge in [0, 0.05) is 18.8 Å². The molecule has 0 aliphatic carbocycles. The number of nitrogens with one attached hydrogen (secondary N) is 3. The Balaban J connectivity index is 1.53. The molecule has 3 rings (SSSR count). The highest BCUT2D eigenvalue weighted by Gasteiger charge is 2.29. The summed E-state index contributed by atoms with van der Waals surface area (Å²) in [5.41, 5.74) is 2.32. The van der Waals surface area contributed by atoms with Crippen molar-refractivity contribution in [2.24, 2.45) is 5.92 Å². The molecule has 8 nitrogen and oxygen atoms in total. The summed E-state index contributed by atoms with van der Waals surface area (Å²) in [5.74, 6) is -0.812. The lowest BCUT2D eigenvalue weighted by atomic mass is 10.0. The van der Waals surface area contributed by atoms with Crippen LogP contribution >= 0.6 is 0 Å². The molecule has 1 unspecified atom stereocenters. The zero-order valence-corrected chi connectivity index (χ0v) is 18.5. The van der Waals surface area contributed by atoms with Crippen molar-refractivity contribution in [3.8, 4) is 0 Å². The zero-order chi connectivity index (χ0) is 22.4. The van der Waals surface area contributed by atoms with E-state index in [1.807, 2.05) is 38.1 Å². The minimum absolute atomic E-state index is 0.0367. The van der Waals surface area contributed by atoms with Gasteiger partial charge in [-0.05, 0) is 36.1 Å². The summed E-state index contributed by atoms with van der Waals surface area (Å²) in [6.45, 7) is 3.99. The Hall–Kier alpha value is -3.07. The van der Waals surface area contributed by atoms with Crippen molar-refractivity contribution in [2.45, 2.75) is 26.3 Å². The van der Waals surface area contributed by atoms with Crippen LogP contribution in [0.2, 0.25) is 0 Å². The fourth-order valence-corrected chi connectivity index (χ4v) is 4.91. The third-order valence-electron chi connectivity index (χ3n) is 5.11. The molecule has 0 bridgehead atoms. The number of rotatable bonds is 8. The molecule has 3 amide bonds. The number of urea groups is 1. The van der Waals surface area contributed by atoms with Crippen LogP contribution in [-0.4, -0.2) is 45.2 Å². The van der Waals surface area contributed by atoms with Crippen molar-refractivity contribution in [2.75, 3.05) is 28.5 Å². The molecule has 0 radical (unpaired) electrons. The Morgan fingerprint density at radius 1 is 1.03 bits per heavy atom. The molecule has 0 fully saturated rings. The van der Waals surface area contributed by atoms with Crippen LogP contribution in [0.25, 0.3) is 0 Å². The molecule has 0 saturated heterocycles. The van der Waals surface area contributed by atoms with E-state index in [2.05, 4.69) is 16.0 Å². The fourth-order valence-electron chi connectivity index (χ4n) is 3.49. The highest BCUT2D eigenvalue weighted by molar-refractivity contribution is 7.92. The molecule has 31 heavy (non-hydrogen) atoms. The van der Waals surface area contributed by atoms with Crippen molar-refractivity contribution < 1.29 is 18.0 Å². The Morgan fingerprint density at radius 2 is 1.71 bits per heavy atom. The molecule has 1 aliphatic heterocycles. The van der Waals surface area contributed by atoms with E-state index in [0.717, 1.165) is 5.56 Å². The van der Waals surface area contributed by atoms with E-state index in [-0.39, 0.29) is 18.2 Å². The van der Waals surface area contributed by atoms with Crippen molar-refractivity contribution >= 4 is 33.3 Å². The normalized spacial score (nSPS) is 14.1. The maximum Gasteiger partial charge on any atom is 0.319 e. The number of amides is 3. The number of fused-ring (bicyclic) bond motifs is 1. The van der Waals surface area contributed by atoms with Gasteiger partial charge in [-0.15, -0.1) is 0 Å². The summed E-state index contributed by atoms with van der Waals surface area (Å²) < 4.78 is 26.9. The largest absolute Gasteiger partial charge is 0.353 e. The first-order valence-corrected chi connectivity index (χ1v) is 11.9. The average molecular weight is 445 g/mol. The molecule has 1 atom stereocenters. The van der Waals surface area contributed by atoms with Crippen LogP contribution in [0.5, 0.6) is 0 Å². The van der Waals surface area contributed by atoms with Gasteiger partial charge in [0.2, 0.25) is 15.9 Å². The van der Waals surface area contributed by atoms with Gasteiger partial charge in [-0.2, -0.15) is 0 Å². The summed E-state index contributed by atoms with van der Waals surface area (Å²) in [7, 11) is -3.56. The Bertz CT molecular complexity index is 1020. The molecule has 1 heterocycles. The van der Waals surface area contributed by atoms with E-state index in [1.165, 1.54) is 4.31 Å². The SMILES string of the molecule is CC(C)C(NC(=O)Nc1ccccc1)C(=O)NCCS(=O)(=O)N1CCc2ccccc21. The van der Waals surface area contributed by atoms with Gasteiger partial charge >= 0.3 is 6.03 Å². The van der Waals surface area contributed by atoms with Gasteiger partial charge in [0.1, 0.15) is 6.04 Å². The number of para-hydroxylation sites is 2. The van der Waals surface area contributed by atoms with Gasteiger partial charge in [0.15, 0.2) is 0 Å². The van der Waals surface area contributed by atoms with Crippen molar-refractivity contribution in [3.63, 3.8) is 0 Å². The van der Waals surface area contributed by atoms with Gasteiger partial charge in [0.25, 0.3) is 0 Å². The van der Waals surface area contributed by atoms with Crippen molar-refractivity contribution in [1.82, 2.24) is 10.6 Å². The lowest BCUT2D eigenvalue weighted by molar-refractivity contribution is -0.123. The van der Waals surface area contributed by atoms with Crippen LogP contribution in [0.1, 0.15) is 19.4 Å². The van der Waals surface area contributed by atoms with Gasteiger partial charge in [-0.25, -0.2) is 13.2 Å². The van der Waals surface area contributed by atoms with E-state index in [1.54, 1.807) is 30.3 Å². The van der Waals surface area contributed by atoms with Crippen molar-refractivity contribution in [3.05, 3.63) is 60.2 Å². The van der Waals surface area contributed by atoms with Gasteiger partial charge < -0.3 is 16.0 Å². The summed E-state index contributed by atoms with van der Waals surface area (Å²) in [6.07, 6.45) is 0.678. The van der Waals surface area contributed by atoms with E-state index >= 15 is 0 Å². The number of carbonyl (C=O) groups is 2. The molecule has 0 aromatic heterocycles. The number of carbonyl (C=O) groups excluding carboxylic acids is 2.